The van der Waals surface area contributed by atoms with E-state index in [0.717, 1.165) is 13.0 Å². The Morgan fingerprint density at radius 2 is 2.09 bits per heavy atom. The topological polar surface area (TPSA) is 15.3 Å². The van der Waals surface area contributed by atoms with Crippen LogP contribution in [0.2, 0.25) is 0 Å². The van der Waals surface area contributed by atoms with Crippen molar-refractivity contribution in [1.29, 1.82) is 0 Å². The Labute approximate surface area is 147 Å². The van der Waals surface area contributed by atoms with Crippen molar-refractivity contribution >= 4 is 22.9 Å². The molecule has 0 spiro atoms. The van der Waals surface area contributed by atoms with E-state index in [1.165, 1.54) is 23.1 Å². The van der Waals surface area contributed by atoms with Crippen LogP contribution in [0.5, 0.6) is 0 Å². The number of hydrogen-bond acceptors (Lipinski definition) is 3. The van der Waals surface area contributed by atoms with Crippen molar-refractivity contribution in [3.63, 3.8) is 0 Å². The number of fused-ring (bicyclic) bond motifs is 1. The molecule has 4 rings (SSSR count). The summed E-state index contributed by atoms with van der Waals surface area (Å²) in [5.74, 6) is 0. The molecule has 2 aromatic rings. The first kappa shape index (κ1) is 15.6. The summed E-state index contributed by atoms with van der Waals surface area (Å²) in [6.45, 7) is 5.49. The fraction of sp³-hybridized carbons (Fsp3) is 0.474. The highest BCUT2D eigenvalue weighted by Gasteiger charge is 2.47. The molecule has 2 aliphatic rings. The van der Waals surface area contributed by atoms with Crippen LogP contribution < -0.4 is 5.32 Å². The molecule has 2 nitrogen and oxygen atoms in total. The molecule has 1 saturated heterocycles. The van der Waals surface area contributed by atoms with Crippen molar-refractivity contribution in [2.45, 2.75) is 49.8 Å². The summed E-state index contributed by atoms with van der Waals surface area (Å²) in [7, 11) is 0. The fourth-order valence-corrected chi connectivity index (χ4v) is 5.62. The van der Waals surface area contributed by atoms with Crippen LogP contribution in [0.25, 0.3) is 0 Å². The molecule has 2 heterocycles. The van der Waals surface area contributed by atoms with E-state index in [9.17, 15) is 0 Å². The lowest BCUT2D eigenvalue weighted by Crippen LogP contribution is -2.63. The number of benzene rings is 1. The van der Waals surface area contributed by atoms with E-state index in [4.69, 9.17) is 11.6 Å². The number of aryl methyl sites for hydroxylation is 1. The predicted molar refractivity (Wildman–Crippen MR) is 98.1 cm³/mol. The number of piperazine rings is 1. The van der Waals surface area contributed by atoms with Crippen LogP contribution in [-0.4, -0.2) is 22.5 Å². The molecule has 1 aromatic carbocycles. The first-order valence-corrected chi connectivity index (χ1v) is 9.73. The summed E-state index contributed by atoms with van der Waals surface area (Å²) in [6.07, 6.45) is 2.33. The van der Waals surface area contributed by atoms with Crippen LogP contribution in [0.15, 0.2) is 41.1 Å². The van der Waals surface area contributed by atoms with Crippen molar-refractivity contribution < 1.29 is 0 Å². The van der Waals surface area contributed by atoms with E-state index >= 15 is 0 Å². The zero-order valence-electron chi connectivity index (χ0n) is 13.6. The van der Waals surface area contributed by atoms with Gasteiger partial charge in [0.2, 0.25) is 0 Å². The molecule has 0 saturated carbocycles. The molecule has 1 aliphatic carbocycles. The Bertz CT molecular complexity index is 682. The minimum atomic E-state index is -0.0339. The van der Waals surface area contributed by atoms with E-state index in [1.807, 2.05) is 0 Å². The maximum atomic E-state index is 6.81. The van der Waals surface area contributed by atoms with E-state index in [0.29, 0.717) is 12.1 Å². The summed E-state index contributed by atoms with van der Waals surface area (Å²) in [5, 5.41) is 8.09. The molecule has 1 aliphatic heterocycles. The van der Waals surface area contributed by atoms with Gasteiger partial charge in [-0.2, -0.15) is 11.3 Å². The number of rotatable bonds is 2. The molecule has 122 valence electrons. The number of thiophene rings is 1. The third-order valence-corrected chi connectivity index (χ3v) is 6.54. The number of hydrogen-bond donors (Lipinski definition) is 1. The van der Waals surface area contributed by atoms with E-state index in [2.05, 4.69) is 65.2 Å². The highest BCUT2D eigenvalue weighted by Crippen LogP contribution is 2.46. The summed E-state index contributed by atoms with van der Waals surface area (Å²) in [6, 6.07) is 11.8. The van der Waals surface area contributed by atoms with Gasteiger partial charge in [0.25, 0.3) is 0 Å². The number of nitrogens with zero attached hydrogens (tertiary/aromatic N) is 1. The zero-order valence-corrected chi connectivity index (χ0v) is 15.2. The second-order valence-electron chi connectivity index (χ2n) is 7.15. The summed E-state index contributed by atoms with van der Waals surface area (Å²) < 4.78 is 0. The second kappa shape index (κ2) is 5.89. The van der Waals surface area contributed by atoms with Crippen molar-refractivity contribution in [3.05, 3.63) is 57.8 Å². The lowest BCUT2D eigenvalue weighted by atomic mass is 9.84. The zero-order chi connectivity index (χ0) is 16.0. The van der Waals surface area contributed by atoms with Gasteiger partial charge in [0.1, 0.15) is 0 Å². The van der Waals surface area contributed by atoms with Crippen LogP contribution >= 0.6 is 22.9 Å². The monoisotopic (exact) mass is 346 g/mol. The Morgan fingerprint density at radius 1 is 1.26 bits per heavy atom. The molecule has 1 N–H and O–H groups in total. The van der Waals surface area contributed by atoms with Crippen molar-refractivity contribution in [2.24, 2.45) is 0 Å². The predicted octanol–water partition coefficient (Wildman–Crippen LogP) is 4.73. The minimum absolute atomic E-state index is 0.0241. The Hall–Kier alpha value is -0.870. The van der Waals surface area contributed by atoms with Gasteiger partial charge in [-0.05, 0) is 60.2 Å². The molecular weight excluding hydrogens is 324 g/mol. The molecule has 0 radical (unpaired) electrons. The number of alkyl halides is 1. The fourth-order valence-electron chi connectivity index (χ4n) is 4.46. The molecule has 23 heavy (non-hydrogen) atoms. The second-order valence-corrected chi connectivity index (χ2v) is 8.43. The Kier molecular flexibility index (Phi) is 4.01. The average Bonchev–Trinajstić information content (AvgIpc) is 3.17. The molecule has 4 heteroatoms. The normalized spacial score (nSPS) is 30.3. The van der Waals surface area contributed by atoms with Crippen LogP contribution in [0, 0.1) is 0 Å². The van der Waals surface area contributed by atoms with E-state index in [1.54, 1.807) is 11.3 Å². The van der Waals surface area contributed by atoms with Crippen LogP contribution in [0.1, 0.15) is 49.0 Å². The lowest BCUT2D eigenvalue weighted by molar-refractivity contribution is -0.00663. The average molecular weight is 347 g/mol. The molecule has 0 bridgehead atoms. The Balaban J connectivity index is 1.72. The first-order chi connectivity index (χ1) is 11.1. The van der Waals surface area contributed by atoms with Gasteiger partial charge >= 0.3 is 0 Å². The largest absolute Gasteiger partial charge is 0.306 e. The van der Waals surface area contributed by atoms with Gasteiger partial charge in [0, 0.05) is 18.1 Å². The number of halogens is 1. The van der Waals surface area contributed by atoms with Crippen LogP contribution in [0.3, 0.4) is 0 Å². The number of nitrogens with one attached hydrogen (secondary N) is 1. The quantitative estimate of drug-likeness (QED) is 0.625. The standard InChI is InChI=1S/C19H23ClN2S/c1-19(2)18(14-9-10-23-12-14)21-11-17(20)22(19)16-8-7-13-5-3-4-6-15(13)16/h3-6,9-10,12,16-18,21H,7-8,11H2,1-2H3. The molecule has 1 aromatic heterocycles. The van der Waals surface area contributed by atoms with Crippen molar-refractivity contribution in [1.82, 2.24) is 10.2 Å². The maximum Gasteiger partial charge on any atom is 0.0986 e. The van der Waals surface area contributed by atoms with E-state index in [-0.39, 0.29) is 11.0 Å². The van der Waals surface area contributed by atoms with Gasteiger partial charge in [-0.25, -0.2) is 0 Å². The first-order valence-electron chi connectivity index (χ1n) is 8.35. The Morgan fingerprint density at radius 3 is 2.87 bits per heavy atom. The third-order valence-electron chi connectivity index (χ3n) is 5.48. The SMILES string of the molecule is CC1(C)C(c2ccsc2)NCC(Cl)N1C1CCc2ccccc21. The highest BCUT2D eigenvalue weighted by atomic mass is 35.5. The van der Waals surface area contributed by atoms with Gasteiger partial charge in [0.15, 0.2) is 0 Å². The van der Waals surface area contributed by atoms with Crippen molar-refractivity contribution in [3.8, 4) is 0 Å². The third kappa shape index (κ3) is 2.54. The maximum absolute atomic E-state index is 6.81. The smallest absolute Gasteiger partial charge is 0.0986 e. The van der Waals surface area contributed by atoms with Crippen molar-refractivity contribution in [2.75, 3.05) is 6.54 Å². The summed E-state index contributed by atoms with van der Waals surface area (Å²) >= 11 is 8.57. The molecule has 3 atom stereocenters. The van der Waals surface area contributed by atoms with Gasteiger partial charge in [-0.1, -0.05) is 24.3 Å². The molecule has 0 amide bonds. The lowest BCUT2D eigenvalue weighted by Gasteiger charge is -2.53. The van der Waals surface area contributed by atoms with Gasteiger partial charge in [-0.3, -0.25) is 4.90 Å². The summed E-state index contributed by atoms with van der Waals surface area (Å²) in [4.78, 5) is 2.55. The van der Waals surface area contributed by atoms with Gasteiger partial charge in [0.05, 0.1) is 11.5 Å². The molecule has 3 unspecified atom stereocenters. The molecular formula is C19H23ClN2S. The van der Waals surface area contributed by atoms with Crippen LogP contribution in [0.4, 0.5) is 0 Å². The highest BCUT2D eigenvalue weighted by molar-refractivity contribution is 7.08. The molecule has 1 fully saturated rings. The van der Waals surface area contributed by atoms with Gasteiger partial charge in [-0.15, -0.1) is 11.6 Å². The van der Waals surface area contributed by atoms with Crippen LogP contribution in [-0.2, 0) is 6.42 Å². The van der Waals surface area contributed by atoms with E-state index < -0.39 is 0 Å². The minimum Gasteiger partial charge on any atom is -0.306 e. The van der Waals surface area contributed by atoms with Gasteiger partial charge < -0.3 is 5.32 Å². The summed E-state index contributed by atoms with van der Waals surface area (Å²) in [5.41, 5.74) is 4.32.